The van der Waals surface area contributed by atoms with Gasteiger partial charge in [0.15, 0.2) is 0 Å². The van der Waals surface area contributed by atoms with Crippen molar-refractivity contribution in [2.24, 2.45) is 0 Å². The van der Waals surface area contributed by atoms with Crippen LogP contribution in [0, 0.1) is 6.92 Å². The van der Waals surface area contributed by atoms with Crippen LogP contribution in [0.3, 0.4) is 0 Å². The van der Waals surface area contributed by atoms with Crippen LogP contribution in [0.4, 0.5) is 5.69 Å². The molecular weight excluding hydrogens is 326 g/mol. The summed E-state index contributed by atoms with van der Waals surface area (Å²) in [5.74, 6) is 0.890. The highest BCUT2D eigenvalue weighted by Crippen LogP contribution is 2.30. The first-order chi connectivity index (χ1) is 12.7. The van der Waals surface area contributed by atoms with Crippen molar-refractivity contribution in [2.75, 3.05) is 11.9 Å². The molecule has 26 heavy (non-hydrogen) atoms. The highest BCUT2D eigenvalue weighted by Gasteiger charge is 2.23. The summed E-state index contributed by atoms with van der Waals surface area (Å²) in [5.41, 5.74) is 4.90. The lowest BCUT2D eigenvalue weighted by atomic mass is 10.2. The number of ether oxygens (including phenoxy) is 1. The van der Waals surface area contributed by atoms with E-state index in [0.717, 1.165) is 46.6 Å². The summed E-state index contributed by atoms with van der Waals surface area (Å²) in [6.07, 6.45) is 8.31. The Morgan fingerprint density at radius 3 is 2.85 bits per heavy atom. The molecule has 0 radical (unpaired) electrons. The van der Waals surface area contributed by atoms with Crippen LogP contribution in [0.15, 0.2) is 43.0 Å². The van der Waals surface area contributed by atoms with Crippen molar-refractivity contribution in [1.82, 2.24) is 20.3 Å². The average molecular weight is 349 g/mol. The average Bonchev–Trinajstić information content (AvgIpc) is 3.07. The van der Waals surface area contributed by atoms with E-state index in [1.54, 1.807) is 12.4 Å². The lowest BCUT2D eigenvalue weighted by Gasteiger charge is -2.19. The minimum atomic E-state index is 0.197. The third-order valence-corrected chi connectivity index (χ3v) is 4.69. The largest absolute Gasteiger partial charge is 0.486 e. The maximum Gasteiger partial charge on any atom is 0.148 e. The van der Waals surface area contributed by atoms with Crippen molar-refractivity contribution in [2.45, 2.75) is 39.0 Å². The molecule has 2 N–H and O–H groups in total. The molecule has 0 bridgehead atoms. The second-order valence-electron chi connectivity index (χ2n) is 6.85. The van der Waals surface area contributed by atoms with Crippen molar-refractivity contribution >= 4 is 16.7 Å². The Morgan fingerprint density at radius 1 is 1.19 bits per heavy atom. The van der Waals surface area contributed by atoms with Gasteiger partial charge in [-0.15, -0.1) is 0 Å². The number of fused-ring (bicyclic) bond motifs is 1. The molecule has 1 saturated heterocycles. The summed E-state index contributed by atoms with van der Waals surface area (Å²) in [4.78, 5) is 13.0. The van der Waals surface area contributed by atoms with Crippen LogP contribution in [-0.4, -0.2) is 33.6 Å². The van der Waals surface area contributed by atoms with Crippen molar-refractivity contribution in [3.63, 3.8) is 0 Å². The van der Waals surface area contributed by atoms with Gasteiger partial charge in [-0.25, -0.2) is 0 Å². The van der Waals surface area contributed by atoms with Gasteiger partial charge in [0, 0.05) is 49.7 Å². The maximum absolute atomic E-state index is 6.28. The number of aryl methyl sites for hydroxylation is 1. The molecule has 134 valence electrons. The Kier molecular flexibility index (Phi) is 4.67. The Bertz CT molecular complexity index is 914. The van der Waals surface area contributed by atoms with Gasteiger partial charge in [-0.2, -0.15) is 0 Å². The number of nitrogens with zero attached hydrogens (tertiary/aromatic N) is 3. The lowest BCUT2D eigenvalue weighted by Crippen LogP contribution is -2.21. The maximum atomic E-state index is 6.28. The summed E-state index contributed by atoms with van der Waals surface area (Å²) >= 11 is 0. The summed E-state index contributed by atoms with van der Waals surface area (Å²) in [6.45, 7) is 5.77. The van der Waals surface area contributed by atoms with Gasteiger partial charge in [0.1, 0.15) is 11.9 Å². The second-order valence-corrected chi connectivity index (χ2v) is 6.85. The summed E-state index contributed by atoms with van der Waals surface area (Å²) in [6, 6.07) is 6.62. The molecule has 1 aliphatic heterocycles. The smallest absolute Gasteiger partial charge is 0.148 e. The van der Waals surface area contributed by atoms with Crippen molar-refractivity contribution in [3.8, 4) is 5.75 Å². The van der Waals surface area contributed by atoms with Crippen molar-refractivity contribution in [1.29, 1.82) is 0 Å². The molecule has 3 heterocycles. The number of nitrogens with one attached hydrogen (secondary N) is 2. The number of anilines is 1. The summed E-state index contributed by atoms with van der Waals surface area (Å²) in [7, 11) is 0. The molecule has 0 unspecified atom stereocenters. The quantitative estimate of drug-likeness (QED) is 0.738. The Morgan fingerprint density at radius 2 is 2.04 bits per heavy atom. The van der Waals surface area contributed by atoms with Crippen LogP contribution in [0.5, 0.6) is 5.75 Å². The molecule has 6 nitrogen and oxygen atoms in total. The highest BCUT2D eigenvalue weighted by atomic mass is 16.5. The molecule has 3 aromatic rings. The van der Waals surface area contributed by atoms with Crippen LogP contribution in [0.25, 0.3) is 11.0 Å². The molecule has 2 atom stereocenters. The number of pyridine rings is 1. The van der Waals surface area contributed by atoms with Gasteiger partial charge in [-0.1, -0.05) is 6.07 Å². The van der Waals surface area contributed by atoms with Crippen LogP contribution in [0.2, 0.25) is 0 Å². The first kappa shape index (κ1) is 16.7. The fourth-order valence-electron chi connectivity index (χ4n) is 3.30. The molecule has 0 saturated carbocycles. The predicted octanol–water partition coefficient (Wildman–Crippen LogP) is 3.07. The second kappa shape index (κ2) is 7.25. The zero-order valence-corrected chi connectivity index (χ0v) is 15.1. The molecule has 0 spiro atoms. The number of aromatic nitrogens is 3. The first-order valence-corrected chi connectivity index (χ1v) is 8.97. The van der Waals surface area contributed by atoms with Crippen LogP contribution in [-0.2, 0) is 6.54 Å². The zero-order valence-electron chi connectivity index (χ0n) is 15.1. The van der Waals surface area contributed by atoms with Gasteiger partial charge in [0.2, 0.25) is 0 Å². The Hall–Kier alpha value is -2.73. The van der Waals surface area contributed by atoms with Crippen molar-refractivity contribution < 1.29 is 4.74 Å². The van der Waals surface area contributed by atoms with Crippen LogP contribution in [0.1, 0.15) is 24.5 Å². The molecule has 0 amide bonds. The van der Waals surface area contributed by atoms with Crippen LogP contribution >= 0.6 is 0 Å². The van der Waals surface area contributed by atoms with E-state index in [2.05, 4.69) is 44.6 Å². The zero-order chi connectivity index (χ0) is 17.9. The van der Waals surface area contributed by atoms with Gasteiger partial charge in [-0.05, 0) is 31.5 Å². The molecule has 4 rings (SSSR count). The van der Waals surface area contributed by atoms with Crippen LogP contribution < -0.4 is 15.4 Å². The number of benzene rings is 1. The third-order valence-electron chi connectivity index (χ3n) is 4.69. The van der Waals surface area contributed by atoms with E-state index in [-0.39, 0.29) is 6.10 Å². The fourth-order valence-corrected chi connectivity index (χ4v) is 3.30. The molecule has 1 aliphatic rings. The van der Waals surface area contributed by atoms with E-state index in [1.165, 1.54) is 0 Å². The fraction of sp³-hybridized carbons (Fsp3) is 0.350. The highest BCUT2D eigenvalue weighted by molar-refractivity contribution is 5.74. The molecule has 6 heteroatoms. The normalized spacial score (nSPS) is 19.6. The standard InChI is InChI=1S/C20H23N5O/c1-13-9-21-12-19(20(13)26-16-7-14(2)24-11-16)25-10-15-3-4-17-18(8-15)23-6-5-22-17/h3-6,8-9,12,14,16,24-25H,7,10-11H2,1-2H3/t14-,16+/m0/s1. The summed E-state index contributed by atoms with van der Waals surface area (Å²) in [5, 5.41) is 6.89. The topological polar surface area (TPSA) is 72.0 Å². The first-order valence-electron chi connectivity index (χ1n) is 8.97. The van der Waals surface area contributed by atoms with Gasteiger partial charge >= 0.3 is 0 Å². The Balaban J connectivity index is 1.51. The predicted molar refractivity (Wildman–Crippen MR) is 102 cm³/mol. The van der Waals surface area contributed by atoms with E-state index in [0.29, 0.717) is 12.6 Å². The van der Waals surface area contributed by atoms with Crippen molar-refractivity contribution in [3.05, 3.63) is 54.1 Å². The van der Waals surface area contributed by atoms with E-state index in [4.69, 9.17) is 4.74 Å². The van der Waals surface area contributed by atoms with Gasteiger partial charge in [0.05, 0.1) is 22.9 Å². The van der Waals surface area contributed by atoms with Gasteiger partial charge in [0.25, 0.3) is 0 Å². The molecule has 1 fully saturated rings. The summed E-state index contributed by atoms with van der Waals surface area (Å²) < 4.78 is 6.28. The molecular formula is C20H23N5O. The molecule has 0 aliphatic carbocycles. The van der Waals surface area contributed by atoms with Gasteiger partial charge in [-0.3, -0.25) is 15.0 Å². The molecule has 1 aromatic carbocycles. The van der Waals surface area contributed by atoms with E-state index >= 15 is 0 Å². The van der Waals surface area contributed by atoms with E-state index in [1.807, 2.05) is 25.4 Å². The molecule has 2 aromatic heterocycles. The van der Waals surface area contributed by atoms with E-state index < -0.39 is 0 Å². The number of rotatable bonds is 5. The SMILES string of the molecule is Cc1cncc(NCc2ccc3nccnc3c2)c1O[C@H]1CN[C@@H](C)C1. The lowest BCUT2D eigenvalue weighted by molar-refractivity contribution is 0.220. The third kappa shape index (κ3) is 3.60. The number of hydrogen-bond acceptors (Lipinski definition) is 6. The Labute approximate surface area is 153 Å². The number of hydrogen-bond donors (Lipinski definition) is 2. The minimum absolute atomic E-state index is 0.197. The minimum Gasteiger partial charge on any atom is -0.486 e. The van der Waals surface area contributed by atoms with E-state index in [9.17, 15) is 0 Å². The monoisotopic (exact) mass is 349 g/mol. The van der Waals surface area contributed by atoms with Gasteiger partial charge < -0.3 is 15.4 Å².